The lowest BCUT2D eigenvalue weighted by atomic mass is 10.2. The van der Waals surface area contributed by atoms with Crippen LogP contribution in [0, 0.1) is 0 Å². The van der Waals surface area contributed by atoms with E-state index in [1.165, 1.54) is 12.1 Å². The lowest BCUT2D eigenvalue weighted by Gasteiger charge is -2.28. The molecule has 1 heterocycles. The lowest BCUT2D eigenvalue weighted by molar-refractivity contribution is 0.0697. The van der Waals surface area contributed by atoms with Crippen LogP contribution in [0.15, 0.2) is 24.3 Å². The molecule has 0 spiro atoms. The number of sulfone groups is 1. The molecular weight excluding hydrogens is 358 g/mol. The van der Waals surface area contributed by atoms with Crippen molar-refractivity contribution < 1.29 is 27.8 Å². The number of methoxy groups -OCH3 is 1. The third kappa shape index (κ3) is 6.59. The van der Waals surface area contributed by atoms with E-state index in [4.69, 9.17) is 14.6 Å². The number of carboxylic acid groups (broad SMARTS) is 1. The molecular formula is C18H27NO6S. The third-order valence-corrected chi connectivity index (χ3v) is 6.23. The van der Waals surface area contributed by atoms with Gasteiger partial charge in [-0.1, -0.05) is 0 Å². The highest BCUT2D eigenvalue weighted by Gasteiger charge is 2.31. The van der Waals surface area contributed by atoms with E-state index in [0.717, 1.165) is 25.9 Å². The van der Waals surface area contributed by atoms with Gasteiger partial charge in [0.1, 0.15) is 5.75 Å². The maximum Gasteiger partial charge on any atom is 0.335 e. The average Bonchev–Trinajstić information content (AvgIpc) is 2.97. The van der Waals surface area contributed by atoms with Gasteiger partial charge in [-0.2, -0.15) is 0 Å². The second-order valence-corrected chi connectivity index (χ2v) is 8.70. The zero-order chi connectivity index (χ0) is 19.0. The molecule has 2 rings (SSSR count). The van der Waals surface area contributed by atoms with Gasteiger partial charge in [0.25, 0.3) is 0 Å². The van der Waals surface area contributed by atoms with Crippen molar-refractivity contribution in [3.63, 3.8) is 0 Å². The number of nitrogens with zero attached hydrogens (tertiary/aromatic N) is 1. The Morgan fingerprint density at radius 3 is 2.38 bits per heavy atom. The zero-order valence-electron chi connectivity index (χ0n) is 15.1. The lowest BCUT2D eigenvalue weighted by Crippen LogP contribution is -2.38. The second kappa shape index (κ2) is 9.89. The van der Waals surface area contributed by atoms with Crippen molar-refractivity contribution in [1.82, 2.24) is 4.90 Å². The van der Waals surface area contributed by atoms with Crippen LogP contribution in [0.1, 0.15) is 29.6 Å². The maximum atomic E-state index is 11.7. The zero-order valence-corrected chi connectivity index (χ0v) is 15.9. The van der Waals surface area contributed by atoms with Gasteiger partial charge in [-0.15, -0.1) is 0 Å². The first-order chi connectivity index (χ1) is 12.4. The summed E-state index contributed by atoms with van der Waals surface area (Å²) in [6, 6.07) is 6.38. The van der Waals surface area contributed by atoms with E-state index in [1.807, 2.05) is 0 Å². The van der Waals surface area contributed by atoms with Gasteiger partial charge in [0.2, 0.25) is 0 Å². The molecule has 0 saturated carbocycles. The van der Waals surface area contributed by atoms with Crippen molar-refractivity contribution in [2.24, 2.45) is 0 Å². The SMILES string of the molecule is COCCCN(CCCOc1ccc(C(=O)O)cc1)C1CCS(=O)(=O)C1. The Kier molecular flexibility index (Phi) is 7.86. The van der Waals surface area contributed by atoms with Gasteiger partial charge in [0, 0.05) is 32.8 Å². The van der Waals surface area contributed by atoms with E-state index in [1.54, 1.807) is 19.2 Å². The molecule has 1 atom stereocenters. The molecule has 1 fully saturated rings. The number of hydrogen-bond acceptors (Lipinski definition) is 6. The largest absolute Gasteiger partial charge is 0.494 e. The smallest absolute Gasteiger partial charge is 0.335 e. The molecule has 146 valence electrons. The van der Waals surface area contributed by atoms with Crippen molar-refractivity contribution in [2.75, 3.05) is 44.9 Å². The van der Waals surface area contributed by atoms with E-state index in [0.29, 0.717) is 25.4 Å². The van der Waals surface area contributed by atoms with Crippen LogP contribution in [0.4, 0.5) is 0 Å². The molecule has 1 aliphatic rings. The predicted octanol–water partition coefficient (Wildman–Crippen LogP) is 1.68. The fourth-order valence-electron chi connectivity index (χ4n) is 3.10. The second-order valence-electron chi connectivity index (χ2n) is 6.47. The number of hydrogen-bond donors (Lipinski definition) is 1. The summed E-state index contributed by atoms with van der Waals surface area (Å²) in [5, 5.41) is 8.88. The first kappa shape index (κ1) is 20.7. The summed E-state index contributed by atoms with van der Waals surface area (Å²) in [6.45, 7) is 2.72. The molecule has 0 aliphatic carbocycles. The van der Waals surface area contributed by atoms with Gasteiger partial charge in [-0.05, 0) is 43.5 Å². The minimum atomic E-state index is -2.91. The molecule has 0 amide bonds. The summed E-state index contributed by atoms with van der Waals surface area (Å²) in [5.41, 5.74) is 0.226. The van der Waals surface area contributed by atoms with Crippen LogP contribution in [-0.2, 0) is 14.6 Å². The topological polar surface area (TPSA) is 93.1 Å². The minimum absolute atomic E-state index is 0.0757. The van der Waals surface area contributed by atoms with Gasteiger partial charge in [-0.3, -0.25) is 4.90 Å². The third-order valence-electron chi connectivity index (χ3n) is 4.48. The van der Waals surface area contributed by atoms with E-state index in [9.17, 15) is 13.2 Å². The summed E-state index contributed by atoms with van der Waals surface area (Å²) >= 11 is 0. The van der Waals surface area contributed by atoms with Crippen LogP contribution in [0.25, 0.3) is 0 Å². The van der Waals surface area contributed by atoms with Crippen LogP contribution in [-0.4, -0.2) is 75.4 Å². The molecule has 7 nitrogen and oxygen atoms in total. The van der Waals surface area contributed by atoms with Crippen molar-refractivity contribution >= 4 is 15.8 Å². The molecule has 1 aliphatic heterocycles. The Morgan fingerprint density at radius 1 is 1.19 bits per heavy atom. The van der Waals surface area contributed by atoms with Gasteiger partial charge in [0.15, 0.2) is 9.84 Å². The molecule has 1 N–H and O–H groups in total. The Hall–Kier alpha value is -1.64. The van der Waals surface area contributed by atoms with E-state index in [-0.39, 0.29) is 23.1 Å². The van der Waals surface area contributed by atoms with Crippen LogP contribution in [0.3, 0.4) is 0 Å². The highest BCUT2D eigenvalue weighted by atomic mass is 32.2. The summed E-state index contributed by atoms with van der Waals surface area (Å²) in [4.78, 5) is 13.1. The fourth-order valence-corrected chi connectivity index (χ4v) is 4.87. The normalized spacial score (nSPS) is 18.9. The molecule has 1 aromatic carbocycles. The quantitative estimate of drug-likeness (QED) is 0.579. The van der Waals surface area contributed by atoms with Crippen molar-refractivity contribution in [1.29, 1.82) is 0 Å². The summed E-state index contributed by atoms with van der Waals surface area (Å²) in [6.07, 6.45) is 2.32. The number of ether oxygens (including phenoxy) is 2. The highest BCUT2D eigenvalue weighted by molar-refractivity contribution is 7.91. The number of carbonyl (C=O) groups is 1. The fraction of sp³-hybridized carbons (Fsp3) is 0.611. The Bertz CT molecular complexity index is 673. The standard InChI is InChI=1S/C18H27NO6S/c1-24-11-2-9-19(16-8-13-26(22,23)14-16)10-3-12-25-17-6-4-15(5-7-17)18(20)21/h4-7,16H,2-3,8-14H2,1H3,(H,20,21). The number of aromatic carboxylic acids is 1. The Balaban J connectivity index is 1.79. The molecule has 0 bridgehead atoms. The van der Waals surface area contributed by atoms with Crippen LogP contribution in [0.5, 0.6) is 5.75 Å². The van der Waals surface area contributed by atoms with Crippen LogP contribution in [0.2, 0.25) is 0 Å². The molecule has 1 unspecified atom stereocenters. The van der Waals surface area contributed by atoms with Crippen molar-refractivity contribution in [3.8, 4) is 5.75 Å². The Labute approximate surface area is 154 Å². The number of carboxylic acids is 1. The van der Waals surface area contributed by atoms with Gasteiger partial charge in [-0.25, -0.2) is 13.2 Å². The first-order valence-electron chi connectivity index (χ1n) is 8.81. The minimum Gasteiger partial charge on any atom is -0.494 e. The molecule has 1 aromatic rings. The molecule has 8 heteroatoms. The van der Waals surface area contributed by atoms with Gasteiger partial charge < -0.3 is 14.6 Å². The summed E-state index contributed by atoms with van der Waals surface area (Å²) in [7, 11) is -1.25. The molecule has 1 saturated heterocycles. The average molecular weight is 385 g/mol. The maximum absolute atomic E-state index is 11.7. The first-order valence-corrected chi connectivity index (χ1v) is 10.6. The number of benzene rings is 1. The molecule has 0 radical (unpaired) electrons. The van der Waals surface area contributed by atoms with E-state index < -0.39 is 15.8 Å². The molecule has 0 aromatic heterocycles. The predicted molar refractivity (Wildman–Crippen MR) is 98.6 cm³/mol. The number of rotatable bonds is 11. The van der Waals surface area contributed by atoms with Crippen molar-refractivity contribution in [2.45, 2.75) is 25.3 Å². The van der Waals surface area contributed by atoms with Gasteiger partial charge >= 0.3 is 5.97 Å². The van der Waals surface area contributed by atoms with E-state index in [2.05, 4.69) is 4.90 Å². The summed E-state index contributed by atoms with van der Waals surface area (Å²) < 4.78 is 34.2. The highest BCUT2D eigenvalue weighted by Crippen LogP contribution is 2.19. The monoisotopic (exact) mass is 385 g/mol. The summed E-state index contributed by atoms with van der Waals surface area (Å²) in [5.74, 6) is 0.168. The molecule has 26 heavy (non-hydrogen) atoms. The Morgan fingerprint density at radius 2 is 1.85 bits per heavy atom. The van der Waals surface area contributed by atoms with Gasteiger partial charge in [0.05, 0.1) is 23.7 Å². The van der Waals surface area contributed by atoms with Crippen LogP contribution < -0.4 is 4.74 Å². The van der Waals surface area contributed by atoms with E-state index >= 15 is 0 Å². The van der Waals surface area contributed by atoms with Crippen molar-refractivity contribution in [3.05, 3.63) is 29.8 Å². The van der Waals surface area contributed by atoms with Crippen LogP contribution >= 0.6 is 0 Å².